The first-order chi connectivity index (χ1) is 7.20. The van der Waals surface area contributed by atoms with Gasteiger partial charge in [-0.15, -0.1) is 0 Å². The van der Waals surface area contributed by atoms with Crippen LogP contribution in [-0.4, -0.2) is 16.6 Å². The van der Waals surface area contributed by atoms with E-state index in [1.54, 1.807) is 30.2 Å². The van der Waals surface area contributed by atoms with E-state index >= 15 is 0 Å². The summed E-state index contributed by atoms with van der Waals surface area (Å²) in [5.74, 6) is -0.265. The molecule has 0 saturated carbocycles. The molecule has 0 radical (unpaired) electrons. The number of anilines is 1. The molecule has 1 aromatic carbocycles. The maximum Gasteiger partial charge on any atom is 0.149 e. The van der Waals surface area contributed by atoms with E-state index in [4.69, 9.17) is 0 Å². The minimum absolute atomic E-state index is 0.265. The summed E-state index contributed by atoms with van der Waals surface area (Å²) in [6, 6.07) is 5.01. The predicted octanol–water partition coefficient (Wildman–Crippen LogP) is 2.36. The minimum Gasteiger partial charge on any atom is -0.388 e. The summed E-state index contributed by atoms with van der Waals surface area (Å²) in [7, 11) is 1.76. The summed E-state index contributed by atoms with van der Waals surface area (Å²) in [5, 5.41) is 2.89. The number of halogens is 1. The van der Waals surface area contributed by atoms with Gasteiger partial charge < -0.3 is 9.88 Å². The van der Waals surface area contributed by atoms with Crippen LogP contribution in [0.2, 0.25) is 0 Å². The Bertz CT molecular complexity index is 476. The van der Waals surface area contributed by atoms with E-state index in [-0.39, 0.29) is 5.82 Å². The summed E-state index contributed by atoms with van der Waals surface area (Å²) in [5.41, 5.74) is 2.13. The zero-order chi connectivity index (χ0) is 10.8. The number of rotatable bonds is 2. The van der Waals surface area contributed by atoms with Crippen LogP contribution in [0.3, 0.4) is 0 Å². The van der Waals surface area contributed by atoms with Gasteiger partial charge in [-0.3, -0.25) is 0 Å². The first-order valence-electron chi connectivity index (χ1n) is 4.69. The average Bonchev–Trinajstić information content (AvgIpc) is 2.64. The Balaban J connectivity index is 2.45. The Labute approximate surface area is 87.6 Å². The average molecular weight is 205 g/mol. The fourth-order valence-corrected chi connectivity index (χ4v) is 1.42. The van der Waals surface area contributed by atoms with Crippen LogP contribution in [0.25, 0.3) is 5.69 Å². The van der Waals surface area contributed by atoms with Gasteiger partial charge in [-0.1, -0.05) is 0 Å². The Morgan fingerprint density at radius 2 is 2.20 bits per heavy atom. The molecule has 2 rings (SSSR count). The first-order valence-corrected chi connectivity index (χ1v) is 4.69. The highest BCUT2D eigenvalue weighted by molar-refractivity contribution is 5.49. The Hall–Kier alpha value is -1.84. The van der Waals surface area contributed by atoms with Crippen molar-refractivity contribution in [3.8, 4) is 5.69 Å². The third-order valence-electron chi connectivity index (χ3n) is 2.23. The van der Waals surface area contributed by atoms with Gasteiger partial charge in [0.25, 0.3) is 0 Å². The summed E-state index contributed by atoms with van der Waals surface area (Å²) in [4.78, 5) is 4.06. The van der Waals surface area contributed by atoms with Crippen LogP contribution < -0.4 is 5.32 Å². The van der Waals surface area contributed by atoms with Crippen molar-refractivity contribution in [2.75, 3.05) is 12.4 Å². The zero-order valence-electron chi connectivity index (χ0n) is 8.66. The maximum absolute atomic E-state index is 13.6. The van der Waals surface area contributed by atoms with Gasteiger partial charge in [0.2, 0.25) is 0 Å². The van der Waals surface area contributed by atoms with Crippen molar-refractivity contribution in [2.24, 2.45) is 0 Å². The van der Waals surface area contributed by atoms with Gasteiger partial charge in [0.1, 0.15) is 5.82 Å². The third kappa shape index (κ3) is 1.83. The van der Waals surface area contributed by atoms with Gasteiger partial charge in [0, 0.05) is 18.9 Å². The van der Waals surface area contributed by atoms with E-state index < -0.39 is 0 Å². The van der Waals surface area contributed by atoms with Crippen LogP contribution in [-0.2, 0) is 0 Å². The van der Waals surface area contributed by atoms with Crippen molar-refractivity contribution in [2.45, 2.75) is 6.92 Å². The third-order valence-corrected chi connectivity index (χ3v) is 2.23. The molecule has 0 bridgehead atoms. The van der Waals surface area contributed by atoms with Crippen molar-refractivity contribution >= 4 is 5.69 Å². The normalized spacial score (nSPS) is 10.3. The number of aryl methyl sites for hydroxylation is 1. The molecule has 15 heavy (non-hydrogen) atoms. The second-order valence-corrected chi connectivity index (χ2v) is 3.34. The lowest BCUT2D eigenvalue weighted by Gasteiger charge is -2.06. The van der Waals surface area contributed by atoms with E-state index in [0.717, 1.165) is 11.4 Å². The quantitative estimate of drug-likeness (QED) is 0.815. The molecular weight excluding hydrogens is 193 g/mol. The zero-order valence-corrected chi connectivity index (χ0v) is 8.66. The monoisotopic (exact) mass is 205 g/mol. The second kappa shape index (κ2) is 3.73. The lowest BCUT2D eigenvalue weighted by atomic mass is 10.2. The van der Waals surface area contributed by atoms with Crippen molar-refractivity contribution in [1.82, 2.24) is 9.55 Å². The molecule has 0 saturated heterocycles. The molecule has 0 amide bonds. The molecule has 0 aliphatic heterocycles. The van der Waals surface area contributed by atoms with Gasteiger partial charge >= 0.3 is 0 Å². The SMILES string of the molecule is CNc1ccc(-n2cnc(C)c2)c(F)c1. The van der Waals surface area contributed by atoms with Crippen LogP contribution in [0.1, 0.15) is 5.69 Å². The number of hydrogen-bond acceptors (Lipinski definition) is 2. The highest BCUT2D eigenvalue weighted by Gasteiger charge is 2.05. The van der Waals surface area contributed by atoms with E-state index in [2.05, 4.69) is 10.3 Å². The van der Waals surface area contributed by atoms with Crippen molar-refractivity contribution in [1.29, 1.82) is 0 Å². The molecule has 0 aliphatic rings. The predicted molar refractivity (Wildman–Crippen MR) is 57.8 cm³/mol. The van der Waals surface area contributed by atoms with Crippen molar-refractivity contribution in [3.63, 3.8) is 0 Å². The van der Waals surface area contributed by atoms with E-state index in [0.29, 0.717) is 5.69 Å². The summed E-state index contributed by atoms with van der Waals surface area (Å²) < 4.78 is 15.3. The Morgan fingerprint density at radius 1 is 1.40 bits per heavy atom. The van der Waals surface area contributed by atoms with E-state index in [1.165, 1.54) is 6.07 Å². The maximum atomic E-state index is 13.6. The van der Waals surface area contributed by atoms with Gasteiger partial charge in [-0.2, -0.15) is 0 Å². The number of imidazole rings is 1. The smallest absolute Gasteiger partial charge is 0.149 e. The molecule has 0 aliphatic carbocycles. The van der Waals surface area contributed by atoms with Crippen LogP contribution in [0.15, 0.2) is 30.7 Å². The molecule has 1 heterocycles. The van der Waals surface area contributed by atoms with Crippen LogP contribution in [0.5, 0.6) is 0 Å². The highest BCUT2D eigenvalue weighted by Crippen LogP contribution is 2.17. The summed E-state index contributed by atoms with van der Waals surface area (Å²) in [6.45, 7) is 1.87. The Kier molecular flexibility index (Phi) is 2.41. The van der Waals surface area contributed by atoms with Gasteiger partial charge in [0.05, 0.1) is 17.7 Å². The molecule has 4 heteroatoms. The standard InChI is InChI=1S/C11H12FN3/c1-8-6-15(7-14-8)11-4-3-9(13-2)5-10(11)12/h3-7,13H,1-2H3. The molecule has 0 atom stereocenters. The van der Waals surface area contributed by atoms with Crippen molar-refractivity contribution < 1.29 is 4.39 Å². The molecule has 1 N–H and O–H groups in total. The molecule has 78 valence electrons. The molecule has 1 aromatic heterocycles. The van der Waals surface area contributed by atoms with Crippen molar-refractivity contribution in [3.05, 3.63) is 42.2 Å². The fraction of sp³-hybridized carbons (Fsp3) is 0.182. The molecular formula is C11H12FN3. The lowest BCUT2D eigenvalue weighted by molar-refractivity contribution is 0.618. The molecule has 2 aromatic rings. The lowest BCUT2D eigenvalue weighted by Crippen LogP contribution is -1.96. The largest absolute Gasteiger partial charge is 0.388 e. The van der Waals surface area contributed by atoms with Gasteiger partial charge in [-0.25, -0.2) is 9.37 Å². The summed E-state index contributed by atoms with van der Waals surface area (Å²) in [6.07, 6.45) is 3.39. The number of nitrogens with zero attached hydrogens (tertiary/aromatic N) is 2. The van der Waals surface area contributed by atoms with Crippen LogP contribution >= 0.6 is 0 Å². The number of aromatic nitrogens is 2. The fourth-order valence-electron chi connectivity index (χ4n) is 1.42. The Morgan fingerprint density at radius 3 is 2.73 bits per heavy atom. The van der Waals surface area contributed by atoms with Gasteiger partial charge in [-0.05, 0) is 25.1 Å². The molecule has 0 unspecified atom stereocenters. The van der Waals surface area contributed by atoms with Gasteiger partial charge in [0.15, 0.2) is 0 Å². The molecule has 3 nitrogen and oxygen atoms in total. The molecule has 0 fully saturated rings. The number of nitrogens with one attached hydrogen (secondary N) is 1. The molecule has 0 spiro atoms. The number of hydrogen-bond donors (Lipinski definition) is 1. The second-order valence-electron chi connectivity index (χ2n) is 3.34. The first kappa shape index (κ1) is 9.71. The van der Waals surface area contributed by atoms with E-state index in [1.807, 2.05) is 13.0 Å². The topological polar surface area (TPSA) is 29.9 Å². The van der Waals surface area contributed by atoms with E-state index in [9.17, 15) is 4.39 Å². The van der Waals surface area contributed by atoms with Crippen LogP contribution in [0.4, 0.5) is 10.1 Å². The summed E-state index contributed by atoms with van der Waals surface area (Å²) >= 11 is 0. The highest BCUT2D eigenvalue weighted by atomic mass is 19.1. The minimum atomic E-state index is -0.265. The number of benzene rings is 1. The van der Waals surface area contributed by atoms with Crippen LogP contribution in [0, 0.1) is 12.7 Å².